The molecule has 1 aromatic carbocycles. The number of hydrogen-bond acceptors (Lipinski definition) is 3. The van der Waals surface area contributed by atoms with Crippen LogP contribution >= 0.6 is 27.3 Å². The summed E-state index contributed by atoms with van der Waals surface area (Å²) in [5.74, 6) is 0. The summed E-state index contributed by atoms with van der Waals surface area (Å²) in [6.07, 6.45) is 0. The Morgan fingerprint density at radius 1 is 1.29 bits per heavy atom. The predicted molar refractivity (Wildman–Crippen MR) is 78.0 cm³/mol. The van der Waals surface area contributed by atoms with Crippen molar-refractivity contribution in [2.24, 2.45) is 0 Å². The third-order valence-corrected chi connectivity index (χ3v) is 4.13. The lowest BCUT2D eigenvalue weighted by Gasteiger charge is -2.15. The number of nitrogen functional groups attached to an aromatic ring is 1. The fourth-order valence-corrected chi connectivity index (χ4v) is 3.29. The van der Waals surface area contributed by atoms with Gasteiger partial charge >= 0.3 is 0 Å². The van der Waals surface area contributed by atoms with E-state index in [1.807, 2.05) is 18.2 Å². The fraction of sp³-hybridized carbons (Fsp3) is 0.231. The lowest BCUT2D eigenvalue weighted by atomic mass is 10.2. The van der Waals surface area contributed by atoms with Crippen molar-refractivity contribution in [1.29, 1.82) is 0 Å². The van der Waals surface area contributed by atoms with Gasteiger partial charge in [0, 0.05) is 33.5 Å². The first kappa shape index (κ1) is 12.6. The number of hydrogen-bond donors (Lipinski definition) is 1. The molecular formula is C13H15BrN2S. The van der Waals surface area contributed by atoms with E-state index >= 15 is 0 Å². The minimum absolute atomic E-state index is 0.828. The maximum Gasteiger partial charge on any atom is 0.0328 e. The van der Waals surface area contributed by atoms with E-state index in [1.165, 1.54) is 10.4 Å². The van der Waals surface area contributed by atoms with Gasteiger partial charge in [0.25, 0.3) is 0 Å². The monoisotopic (exact) mass is 310 g/mol. The summed E-state index contributed by atoms with van der Waals surface area (Å²) in [6, 6.07) is 10.2. The van der Waals surface area contributed by atoms with E-state index < -0.39 is 0 Å². The van der Waals surface area contributed by atoms with Crippen molar-refractivity contribution in [2.45, 2.75) is 13.1 Å². The van der Waals surface area contributed by atoms with Crippen molar-refractivity contribution in [3.8, 4) is 0 Å². The van der Waals surface area contributed by atoms with Crippen LogP contribution in [0.15, 0.2) is 40.2 Å². The number of nitrogens with two attached hydrogens (primary N) is 1. The summed E-state index contributed by atoms with van der Waals surface area (Å²) in [5.41, 5.74) is 7.85. The van der Waals surface area contributed by atoms with Crippen molar-refractivity contribution >= 4 is 33.0 Å². The molecule has 2 N–H and O–H groups in total. The highest BCUT2D eigenvalue weighted by atomic mass is 79.9. The zero-order valence-corrected chi connectivity index (χ0v) is 12.1. The molecule has 0 spiro atoms. The second-order valence-electron chi connectivity index (χ2n) is 4.15. The highest BCUT2D eigenvalue weighted by Gasteiger charge is 2.04. The minimum atomic E-state index is 0.828. The maximum atomic E-state index is 5.77. The molecule has 90 valence electrons. The fourth-order valence-electron chi connectivity index (χ4n) is 1.76. The number of thiophene rings is 1. The Bertz CT molecular complexity index is 496. The van der Waals surface area contributed by atoms with E-state index in [-0.39, 0.29) is 0 Å². The van der Waals surface area contributed by atoms with Crippen LogP contribution in [0.1, 0.15) is 10.4 Å². The van der Waals surface area contributed by atoms with E-state index in [1.54, 1.807) is 11.3 Å². The van der Waals surface area contributed by atoms with Crippen LogP contribution in [0.5, 0.6) is 0 Å². The Labute approximate surface area is 114 Å². The molecule has 0 aliphatic carbocycles. The van der Waals surface area contributed by atoms with Gasteiger partial charge in [0.1, 0.15) is 0 Å². The van der Waals surface area contributed by atoms with E-state index in [0.29, 0.717) is 0 Å². The summed E-state index contributed by atoms with van der Waals surface area (Å²) >= 11 is 5.25. The molecule has 1 heterocycles. The third kappa shape index (κ3) is 3.84. The van der Waals surface area contributed by atoms with Crippen LogP contribution in [0.2, 0.25) is 0 Å². The Kier molecular flexibility index (Phi) is 4.20. The highest BCUT2D eigenvalue weighted by Crippen LogP contribution is 2.21. The number of anilines is 1. The second-order valence-corrected chi connectivity index (χ2v) is 6.06. The molecule has 0 radical (unpaired) electrons. The van der Waals surface area contributed by atoms with Gasteiger partial charge in [-0.3, -0.25) is 4.90 Å². The van der Waals surface area contributed by atoms with Crippen molar-refractivity contribution in [3.05, 3.63) is 50.6 Å². The second kappa shape index (κ2) is 5.67. The van der Waals surface area contributed by atoms with E-state index in [0.717, 1.165) is 23.2 Å². The summed E-state index contributed by atoms with van der Waals surface area (Å²) < 4.78 is 1.16. The molecule has 0 atom stereocenters. The molecule has 2 aromatic rings. The molecule has 0 saturated carbocycles. The number of benzene rings is 1. The summed E-state index contributed by atoms with van der Waals surface area (Å²) in [6.45, 7) is 1.88. The Hall–Kier alpha value is -0.840. The molecular weight excluding hydrogens is 296 g/mol. The number of nitrogens with zero attached hydrogens (tertiary/aromatic N) is 1. The van der Waals surface area contributed by atoms with E-state index in [4.69, 9.17) is 5.73 Å². The van der Waals surface area contributed by atoms with Gasteiger partial charge in [-0.15, -0.1) is 11.3 Å². The molecule has 0 saturated heterocycles. The number of rotatable bonds is 4. The highest BCUT2D eigenvalue weighted by molar-refractivity contribution is 9.10. The van der Waals surface area contributed by atoms with Gasteiger partial charge in [0.2, 0.25) is 0 Å². The van der Waals surface area contributed by atoms with Crippen LogP contribution in [0.25, 0.3) is 0 Å². The summed E-state index contributed by atoms with van der Waals surface area (Å²) in [4.78, 5) is 3.65. The number of halogens is 1. The molecule has 2 rings (SSSR count). The van der Waals surface area contributed by atoms with Gasteiger partial charge in [-0.1, -0.05) is 12.1 Å². The zero-order chi connectivity index (χ0) is 12.3. The van der Waals surface area contributed by atoms with E-state index in [2.05, 4.69) is 45.4 Å². The average molecular weight is 311 g/mol. The molecule has 0 unspecified atom stereocenters. The normalized spacial score (nSPS) is 11.0. The molecule has 0 aliphatic rings. The topological polar surface area (TPSA) is 29.3 Å². The first-order valence-corrected chi connectivity index (χ1v) is 7.06. The van der Waals surface area contributed by atoms with Crippen LogP contribution in [-0.2, 0) is 13.1 Å². The first-order chi connectivity index (χ1) is 8.13. The lowest BCUT2D eigenvalue weighted by Crippen LogP contribution is -2.16. The Morgan fingerprint density at radius 2 is 2.12 bits per heavy atom. The van der Waals surface area contributed by atoms with Crippen molar-refractivity contribution in [3.63, 3.8) is 0 Å². The molecule has 0 amide bonds. The first-order valence-electron chi connectivity index (χ1n) is 5.39. The largest absolute Gasteiger partial charge is 0.399 e. The van der Waals surface area contributed by atoms with Gasteiger partial charge < -0.3 is 5.73 Å². The Balaban J connectivity index is 1.95. The van der Waals surface area contributed by atoms with Crippen LogP contribution in [0, 0.1) is 0 Å². The lowest BCUT2D eigenvalue weighted by molar-refractivity contribution is 0.322. The third-order valence-electron chi connectivity index (χ3n) is 2.45. The summed E-state index contributed by atoms with van der Waals surface area (Å²) in [7, 11) is 2.12. The minimum Gasteiger partial charge on any atom is -0.399 e. The van der Waals surface area contributed by atoms with Crippen molar-refractivity contribution < 1.29 is 0 Å². The average Bonchev–Trinajstić information content (AvgIpc) is 2.63. The van der Waals surface area contributed by atoms with Crippen LogP contribution in [-0.4, -0.2) is 11.9 Å². The van der Waals surface area contributed by atoms with Crippen LogP contribution in [0.4, 0.5) is 5.69 Å². The van der Waals surface area contributed by atoms with Crippen molar-refractivity contribution in [2.75, 3.05) is 12.8 Å². The van der Waals surface area contributed by atoms with E-state index in [9.17, 15) is 0 Å². The molecule has 0 bridgehead atoms. The molecule has 1 aromatic heterocycles. The van der Waals surface area contributed by atoms with Gasteiger partial charge in [-0.2, -0.15) is 0 Å². The van der Waals surface area contributed by atoms with Crippen LogP contribution in [0.3, 0.4) is 0 Å². The predicted octanol–water partition coefficient (Wildman–Crippen LogP) is 3.72. The summed E-state index contributed by atoms with van der Waals surface area (Å²) in [5, 5.41) is 2.11. The van der Waals surface area contributed by atoms with Gasteiger partial charge in [-0.05, 0) is 46.7 Å². The van der Waals surface area contributed by atoms with Gasteiger partial charge in [0.15, 0.2) is 0 Å². The quantitative estimate of drug-likeness (QED) is 0.872. The smallest absolute Gasteiger partial charge is 0.0328 e. The van der Waals surface area contributed by atoms with Gasteiger partial charge in [0.05, 0.1) is 0 Å². The van der Waals surface area contributed by atoms with Crippen molar-refractivity contribution in [1.82, 2.24) is 4.90 Å². The maximum absolute atomic E-state index is 5.77. The molecule has 17 heavy (non-hydrogen) atoms. The van der Waals surface area contributed by atoms with Crippen LogP contribution < -0.4 is 5.73 Å². The zero-order valence-electron chi connectivity index (χ0n) is 9.69. The molecule has 4 heteroatoms. The molecule has 2 nitrogen and oxygen atoms in total. The molecule has 0 aliphatic heterocycles. The molecule has 0 fully saturated rings. The SMILES string of the molecule is CN(Cc1cccc(N)c1)Cc1cc(Br)cs1. The Morgan fingerprint density at radius 3 is 2.76 bits per heavy atom. The standard InChI is InChI=1S/C13H15BrN2S/c1-16(8-13-6-11(14)9-17-13)7-10-3-2-4-12(15)5-10/h2-6,9H,7-8,15H2,1H3. The van der Waals surface area contributed by atoms with Gasteiger partial charge in [-0.25, -0.2) is 0 Å².